The number of methoxy groups -OCH3 is 1. The summed E-state index contributed by atoms with van der Waals surface area (Å²) in [6, 6.07) is 12.5. The van der Waals surface area contributed by atoms with Crippen LogP contribution in [-0.4, -0.2) is 33.9 Å². The lowest BCUT2D eigenvalue weighted by Gasteiger charge is -2.09. The van der Waals surface area contributed by atoms with Gasteiger partial charge in [-0.05, 0) is 48.4 Å². The van der Waals surface area contributed by atoms with Gasteiger partial charge in [-0.3, -0.25) is 14.3 Å². The normalized spacial score (nSPS) is 10.8. The first-order valence-corrected chi connectivity index (χ1v) is 9.41. The maximum Gasteiger partial charge on any atom is 0.325 e. The van der Waals surface area contributed by atoms with Crippen molar-refractivity contribution in [3.63, 3.8) is 0 Å². The van der Waals surface area contributed by atoms with Crippen LogP contribution >= 0.6 is 0 Å². The van der Waals surface area contributed by atoms with E-state index >= 15 is 0 Å². The van der Waals surface area contributed by atoms with Crippen LogP contribution in [0.3, 0.4) is 0 Å². The van der Waals surface area contributed by atoms with Crippen molar-refractivity contribution in [1.29, 1.82) is 0 Å². The van der Waals surface area contributed by atoms with Crippen molar-refractivity contribution in [2.24, 2.45) is 0 Å². The second-order valence-corrected chi connectivity index (χ2v) is 7.12. The lowest BCUT2D eigenvalue weighted by Crippen LogP contribution is -2.30. The Morgan fingerprint density at radius 3 is 2.15 bits per heavy atom. The fourth-order valence-corrected chi connectivity index (χ4v) is 3.19. The van der Waals surface area contributed by atoms with E-state index in [-0.39, 0.29) is 11.4 Å². The van der Waals surface area contributed by atoms with Crippen molar-refractivity contribution in [2.45, 2.75) is 18.2 Å². The second-order valence-electron chi connectivity index (χ2n) is 5.44. The van der Waals surface area contributed by atoms with Crippen molar-refractivity contribution in [2.75, 3.05) is 18.4 Å². The predicted molar refractivity (Wildman–Crippen MR) is 97.4 cm³/mol. The molecule has 0 atom stereocenters. The SMILES string of the molecule is CCc1ccc(S(=O)(=O)Nc2ccc(C(=O)NCC(=O)OC)cc2)cc1. The van der Waals surface area contributed by atoms with Gasteiger partial charge in [0.25, 0.3) is 15.9 Å². The van der Waals surface area contributed by atoms with Gasteiger partial charge in [0.05, 0.1) is 12.0 Å². The van der Waals surface area contributed by atoms with Crippen molar-refractivity contribution >= 4 is 27.6 Å². The van der Waals surface area contributed by atoms with Gasteiger partial charge in [-0.2, -0.15) is 0 Å². The minimum absolute atomic E-state index is 0.162. The highest BCUT2D eigenvalue weighted by Gasteiger charge is 2.14. The molecule has 0 bridgehead atoms. The molecular weight excluding hydrogens is 356 g/mol. The molecule has 26 heavy (non-hydrogen) atoms. The van der Waals surface area contributed by atoms with E-state index in [9.17, 15) is 18.0 Å². The standard InChI is InChI=1S/C18H20N2O5S/c1-3-13-4-10-16(11-5-13)26(23,24)20-15-8-6-14(7-9-15)18(22)19-12-17(21)25-2/h4-11,20H,3,12H2,1-2H3,(H,19,22). The Labute approximate surface area is 152 Å². The van der Waals surface area contributed by atoms with E-state index in [4.69, 9.17) is 0 Å². The van der Waals surface area contributed by atoms with Gasteiger partial charge in [0.1, 0.15) is 6.54 Å². The zero-order valence-electron chi connectivity index (χ0n) is 14.5. The molecule has 2 aromatic rings. The number of rotatable bonds is 7. The Bertz CT molecular complexity index is 875. The van der Waals surface area contributed by atoms with Crippen LogP contribution in [0.2, 0.25) is 0 Å². The molecule has 0 heterocycles. The van der Waals surface area contributed by atoms with E-state index in [2.05, 4.69) is 14.8 Å². The Morgan fingerprint density at radius 2 is 1.62 bits per heavy atom. The van der Waals surface area contributed by atoms with Crippen molar-refractivity contribution in [1.82, 2.24) is 5.32 Å². The lowest BCUT2D eigenvalue weighted by molar-refractivity contribution is -0.139. The third-order valence-corrected chi connectivity index (χ3v) is 5.06. The van der Waals surface area contributed by atoms with E-state index in [0.717, 1.165) is 12.0 Å². The molecule has 0 saturated heterocycles. The first-order valence-electron chi connectivity index (χ1n) is 7.92. The zero-order chi connectivity index (χ0) is 19.2. The Hall–Kier alpha value is -2.87. The van der Waals surface area contributed by atoms with Gasteiger partial charge in [-0.1, -0.05) is 19.1 Å². The highest BCUT2D eigenvalue weighted by molar-refractivity contribution is 7.92. The lowest BCUT2D eigenvalue weighted by atomic mass is 10.2. The number of ether oxygens (including phenoxy) is 1. The number of amides is 1. The number of carbonyl (C=O) groups excluding carboxylic acids is 2. The number of nitrogens with one attached hydrogen (secondary N) is 2. The number of hydrogen-bond donors (Lipinski definition) is 2. The van der Waals surface area contributed by atoms with Gasteiger partial charge in [-0.15, -0.1) is 0 Å². The molecule has 0 spiro atoms. The number of carbonyl (C=O) groups is 2. The van der Waals surface area contributed by atoms with E-state index in [1.54, 1.807) is 24.3 Å². The zero-order valence-corrected chi connectivity index (χ0v) is 15.3. The first kappa shape index (κ1) is 19.5. The van der Waals surface area contributed by atoms with Gasteiger partial charge in [-0.25, -0.2) is 8.42 Å². The number of aryl methyl sites for hydroxylation is 1. The number of esters is 1. The van der Waals surface area contributed by atoms with Crippen molar-refractivity contribution < 1.29 is 22.7 Å². The molecule has 0 saturated carbocycles. The van der Waals surface area contributed by atoms with Crippen LogP contribution in [0.4, 0.5) is 5.69 Å². The largest absolute Gasteiger partial charge is 0.468 e. The van der Waals surface area contributed by atoms with Crippen molar-refractivity contribution in [3.05, 3.63) is 59.7 Å². The summed E-state index contributed by atoms with van der Waals surface area (Å²) in [5.74, 6) is -1.02. The molecule has 2 rings (SSSR count). The average molecular weight is 376 g/mol. The van der Waals surface area contributed by atoms with Crippen LogP contribution in [0.15, 0.2) is 53.4 Å². The van der Waals surface area contributed by atoms with Gasteiger partial charge >= 0.3 is 5.97 Å². The maximum atomic E-state index is 12.4. The van der Waals surface area contributed by atoms with E-state index in [0.29, 0.717) is 11.3 Å². The average Bonchev–Trinajstić information content (AvgIpc) is 2.66. The molecule has 2 aromatic carbocycles. The van der Waals surface area contributed by atoms with E-state index in [1.165, 1.54) is 31.4 Å². The second kappa shape index (κ2) is 8.48. The third kappa shape index (κ3) is 5.06. The van der Waals surface area contributed by atoms with Gasteiger partial charge < -0.3 is 10.1 Å². The Balaban J connectivity index is 2.05. The van der Waals surface area contributed by atoms with E-state index in [1.807, 2.05) is 6.92 Å². The van der Waals surface area contributed by atoms with Crippen LogP contribution in [0.25, 0.3) is 0 Å². The molecule has 0 radical (unpaired) electrons. The number of anilines is 1. The predicted octanol–water partition coefficient (Wildman–Crippen LogP) is 1.95. The molecule has 0 aliphatic heterocycles. The summed E-state index contributed by atoms with van der Waals surface area (Å²) < 4.78 is 31.7. The van der Waals surface area contributed by atoms with E-state index < -0.39 is 21.9 Å². The minimum Gasteiger partial charge on any atom is -0.468 e. The molecule has 0 aromatic heterocycles. The number of hydrogen-bond acceptors (Lipinski definition) is 5. The molecular formula is C18H20N2O5S. The summed E-state index contributed by atoms with van der Waals surface area (Å²) in [5.41, 5.74) is 1.67. The molecule has 8 heteroatoms. The quantitative estimate of drug-likeness (QED) is 0.719. The summed E-state index contributed by atoms with van der Waals surface area (Å²) >= 11 is 0. The molecule has 0 aliphatic carbocycles. The molecule has 0 unspecified atom stereocenters. The van der Waals surface area contributed by atoms with Crippen LogP contribution < -0.4 is 10.0 Å². The smallest absolute Gasteiger partial charge is 0.325 e. The van der Waals surface area contributed by atoms with Crippen LogP contribution in [0.1, 0.15) is 22.8 Å². The van der Waals surface area contributed by atoms with Gasteiger partial charge in [0.2, 0.25) is 0 Å². The topological polar surface area (TPSA) is 102 Å². The van der Waals surface area contributed by atoms with Gasteiger partial charge in [0.15, 0.2) is 0 Å². The van der Waals surface area contributed by atoms with Crippen LogP contribution in [-0.2, 0) is 26.0 Å². The minimum atomic E-state index is -3.71. The number of benzene rings is 2. The summed E-state index contributed by atoms with van der Waals surface area (Å²) in [6.45, 7) is 1.75. The molecule has 0 fully saturated rings. The fourth-order valence-electron chi connectivity index (χ4n) is 2.13. The van der Waals surface area contributed by atoms with Crippen molar-refractivity contribution in [3.8, 4) is 0 Å². The highest BCUT2D eigenvalue weighted by atomic mass is 32.2. The molecule has 0 aliphatic rings. The number of sulfonamides is 1. The monoisotopic (exact) mass is 376 g/mol. The summed E-state index contributed by atoms with van der Waals surface area (Å²) in [6.07, 6.45) is 0.827. The Morgan fingerprint density at radius 1 is 1.00 bits per heavy atom. The van der Waals surface area contributed by atoms with Crippen LogP contribution in [0.5, 0.6) is 0 Å². The molecule has 7 nitrogen and oxygen atoms in total. The maximum absolute atomic E-state index is 12.4. The summed E-state index contributed by atoms with van der Waals surface area (Å²) in [5, 5.41) is 2.40. The third-order valence-electron chi connectivity index (χ3n) is 3.66. The highest BCUT2D eigenvalue weighted by Crippen LogP contribution is 2.17. The van der Waals surface area contributed by atoms with Gasteiger partial charge in [0, 0.05) is 11.3 Å². The molecule has 2 N–H and O–H groups in total. The molecule has 138 valence electrons. The Kier molecular flexibility index (Phi) is 6.35. The summed E-state index contributed by atoms with van der Waals surface area (Å²) in [7, 11) is -2.48. The molecule has 1 amide bonds. The summed E-state index contributed by atoms with van der Waals surface area (Å²) in [4.78, 5) is 23.1. The first-order chi connectivity index (χ1) is 12.4. The van der Waals surface area contributed by atoms with Crippen LogP contribution in [0, 0.1) is 0 Å². The fraction of sp³-hybridized carbons (Fsp3) is 0.222.